The van der Waals surface area contributed by atoms with Crippen LogP contribution in [0.15, 0.2) is 0 Å². The average molecular weight is 328 g/mol. The zero-order valence-electron chi connectivity index (χ0n) is 14.3. The van der Waals surface area contributed by atoms with Crippen LogP contribution >= 0.6 is 0 Å². The Morgan fingerprint density at radius 1 is 1.22 bits per heavy atom. The summed E-state index contributed by atoms with van der Waals surface area (Å²) in [5.74, 6) is 0.233. The van der Waals surface area contributed by atoms with Crippen LogP contribution in [0, 0.1) is 0 Å². The second kappa shape index (κ2) is 12.3. The molecule has 0 aromatic carbocycles. The molecule has 0 aromatic heterocycles. The maximum atomic E-state index is 12.0. The fraction of sp³-hybridized carbons (Fsp3) is 0.882. The number of methoxy groups -OCH3 is 1. The highest BCUT2D eigenvalue weighted by atomic mass is 16.5. The van der Waals surface area contributed by atoms with Crippen molar-refractivity contribution in [3.8, 4) is 0 Å². The van der Waals surface area contributed by atoms with Gasteiger partial charge in [-0.3, -0.25) is 9.59 Å². The van der Waals surface area contributed by atoms with E-state index in [1.165, 1.54) is 44.9 Å². The van der Waals surface area contributed by atoms with Gasteiger partial charge in [-0.25, -0.2) is 0 Å². The van der Waals surface area contributed by atoms with Crippen molar-refractivity contribution < 1.29 is 19.4 Å². The molecule has 0 aromatic rings. The summed E-state index contributed by atoms with van der Waals surface area (Å²) in [5.41, 5.74) is 0. The lowest BCUT2D eigenvalue weighted by molar-refractivity contribution is -0.123. The van der Waals surface area contributed by atoms with Crippen LogP contribution in [0.4, 0.5) is 0 Å². The van der Waals surface area contributed by atoms with Crippen molar-refractivity contribution in [3.63, 3.8) is 0 Å². The fourth-order valence-corrected chi connectivity index (χ4v) is 3.35. The van der Waals surface area contributed by atoms with Crippen molar-refractivity contribution in [2.45, 2.75) is 69.9 Å². The standard InChI is InChI=1S/C16H30N2O2.CH2O2/c1-20-15-9-11-18(13-15)12-10-16(19)17-14-7-5-3-2-4-6-8-14;2-1-3/h14-15H,2-13H2,1H3,(H,17,19);1H,(H,2,3). The Labute approximate surface area is 139 Å². The first-order chi connectivity index (χ1) is 11.2. The Kier molecular flexibility index (Phi) is 10.6. The Bertz CT molecular complexity index is 331. The number of hydrogen-bond acceptors (Lipinski definition) is 4. The number of likely N-dealkylation sites (tertiary alicyclic amines) is 1. The van der Waals surface area contributed by atoms with Gasteiger partial charge in [0.25, 0.3) is 6.47 Å². The fourth-order valence-electron chi connectivity index (χ4n) is 3.35. The van der Waals surface area contributed by atoms with Crippen LogP contribution in [0.1, 0.15) is 57.8 Å². The lowest BCUT2D eigenvalue weighted by atomic mass is 9.96. The number of nitrogens with one attached hydrogen (secondary N) is 1. The third-order valence-corrected chi connectivity index (χ3v) is 4.69. The second-order valence-corrected chi connectivity index (χ2v) is 6.41. The number of carbonyl (C=O) groups is 2. The van der Waals surface area contributed by atoms with Crippen molar-refractivity contribution in [2.75, 3.05) is 26.7 Å². The minimum absolute atomic E-state index is 0.233. The van der Waals surface area contributed by atoms with Crippen LogP contribution < -0.4 is 5.32 Å². The second-order valence-electron chi connectivity index (χ2n) is 6.41. The maximum Gasteiger partial charge on any atom is 0.290 e. The highest BCUT2D eigenvalue weighted by Crippen LogP contribution is 2.17. The summed E-state index contributed by atoms with van der Waals surface area (Å²) in [6.07, 6.45) is 11.0. The van der Waals surface area contributed by atoms with Gasteiger partial charge in [-0.1, -0.05) is 32.1 Å². The van der Waals surface area contributed by atoms with E-state index in [9.17, 15) is 4.79 Å². The lowest BCUT2D eigenvalue weighted by Crippen LogP contribution is -2.37. The van der Waals surface area contributed by atoms with Crippen LogP contribution in [0.5, 0.6) is 0 Å². The molecule has 1 aliphatic carbocycles. The van der Waals surface area contributed by atoms with E-state index in [0.29, 0.717) is 18.6 Å². The summed E-state index contributed by atoms with van der Waals surface area (Å²) in [6, 6.07) is 0.424. The van der Waals surface area contributed by atoms with Crippen molar-refractivity contribution >= 4 is 12.4 Å². The molecule has 2 fully saturated rings. The SMILES string of the molecule is COC1CCN(CCC(=O)NC2CCCCCCC2)C1.O=CO. The van der Waals surface area contributed by atoms with E-state index in [1.54, 1.807) is 7.11 Å². The number of rotatable bonds is 5. The molecule has 2 N–H and O–H groups in total. The number of hydrogen-bond donors (Lipinski definition) is 2. The molecule has 6 nitrogen and oxygen atoms in total. The normalized spacial score (nSPS) is 23.3. The van der Waals surface area contributed by atoms with E-state index in [2.05, 4.69) is 10.2 Å². The average Bonchev–Trinajstić information content (AvgIpc) is 2.97. The molecule has 1 heterocycles. The first-order valence-electron chi connectivity index (χ1n) is 8.82. The minimum atomic E-state index is -0.250. The Morgan fingerprint density at radius 3 is 2.39 bits per heavy atom. The van der Waals surface area contributed by atoms with E-state index < -0.39 is 0 Å². The zero-order valence-corrected chi connectivity index (χ0v) is 14.3. The Morgan fingerprint density at radius 2 is 1.83 bits per heavy atom. The molecular formula is C17H32N2O4. The molecular weight excluding hydrogens is 296 g/mol. The molecule has 23 heavy (non-hydrogen) atoms. The minimum Gasteiger partial charge on any atom is -0.483 e. The Balaban J connectivity index is 0.000000816. The summed E-state index contributed by atoms with van der Waals surface area (Å²) in [6.45, 7) is 2.67. The van der Waals surface area contributed by atoms with E-state index in [4.69, 9.17) is 14.6 Å². The third kappa shape index (κ3) is 8.91. The van der Waals surface area contributed by atoms with Crippen LogP contribution in [0.3, 0.4) is 0 Å². The summed E-state index contributed by atoms with van der Waals surface area (Å²) < 4.78 is 5.35. The van der Waals surface area contributed by atoms with Gasteiger partial charge in [-0.2, -0.15) is 0 Å². The van der Waals surface area contributed by atoms with Gasteiger partial charge in [0.05, 0.1) is 6.10 Å². The molecule has 0 radical (unpaired) electrons. The largest absolute Gasteiger partial charge is 0.483 e. The first-order valence-corrected chi connectivity index (χ1v) is 8.82. The zero-order chi connectivity index (χ0) is 16.9. The number of carbonyl (C=O) groups excluding carboxylic acids is 1. The highest BCUT2D eigenvalue weighted by molar-refractivity contribution is 5.76. The Hall–Kier alpha value is -1.14. The third-order valence-electron chi connectivity index (χ3n) is 4.69. The van der Waals surface area contributed by atoms with Gasteiger partial charge in [0, 0.05) is 39.2 Å². The van der Waals surface area contributed by atoms with Gasteiger partial charge < -0.3 is 20.1 Å². The predicted octanol–water partition coefficient (Wildman–Crippen LogP) is 2.03. The molecule has 1 atom stereocenters. The number of carboxylic acid groups (broad SMARTS) is 1. The maximum absolute atomic E-state index is 12.0. The molecule has 1 saturated carbocycles. The highest BCUT2D eigenvalue weighted by Gasteiger charge is 2.22. The van der Waals surface area contributed by atoms with Crippen LogP contribution in [-0.4, -0.2) is 61.3 Å². The van der Waals surface area contributed by atoms with Gasteiger partial charge >= 0.3 is 0 Å². The van der Waals surface area contributed by atoms with E-state index >= 15 is 0 Å². The van der Waals surface area contributed by atoms with Gasteiger partial charge in [0.1, 0.15) is 0 Å². The predicted molar refractivity (Wildman–Crippen MR) is 89.4 cm³/mol. The number of ether oxygens (including phenoxy) is 1. The molecule has 6 heteroatoms. The lowest BCUT2D eigenvalue weighted by Gasteiger charge is -2.22. The van der Waals surface area contributed by atoms with Crippen molar-refractivity contribution in [3.05, 3.63) is 0 Å². The van der Waals surface area contributed by atoms with Crippen LogP contribution in [-0.2, 0) is 14.3 Å². The number of nitrogens with zero attached hydrogens (tertiary/aromatic N) is 1. The first kappa shape index (κ1) is 19.9. The molecule has 0 bridgehead atoms. The van der Waals surface area contributed by atoms with Crippen molar-refractivity contribution in [1.82, 2.24) is 10.2 Å². The van der Waals surface area contributed by atoms with E-state index in [1.807, 2.05) is 0 Å². The van der Waals surface area contributed by atoms with Gasteiger partial charge in [-0.05, 0) is 19.3 Å². The molecule has 134 valence electrons. The molecule has 2 aliphatic rings. The quantitative estimate of drug-likeness (QED) is 0.755. The van der Waals surface area contributed by atoms with Crippen LogP contribution in [0.25, 0.3) is 0 Å². The summed E-state index contributed by atoms with van der Waals surface area (Å²) >= 11 is 0. The molecule has 0 spiro atoms. The number of amides is 1. The monoisotopic (exact) mass is 328 g/mol. The van der Waals surface area contributed by atoms with Gasteiger partial charge in [0.15, 0.2) is 0 Å². The van der Waals surface area contributed by atoms with Crippen LogP contribution in [0.2, 0.25) is 0 Å². The summed E-state index contributed by atoms with van der Waals surface area (Å²) in [4.78, 5) is 22.7. The van der Waals surface area contributed by atoms with E-state index in [0.717, 1.165) is 26.1 Å². The smallest absolute Gasteiger partial charge is 0.290 e. The molecule has 2 rings (SSSR count). The van der Waals surface area contributed by atoms with Gasteiger partial charge in [-0.15, -0.1) is 0 Å². The summed E-state index contributed by atoms with van der Waals surface area (Å²) in [7, 11) is 1.77. The molecule has 1 aliphatic heterocycles. The van der Waals surface area contributed by atoms with E-state index in [-0.39, 0.29) is 12.4 Å². The van der Waals surface area contributed by atoms with Gasteiger partial charge in [0.2, 0.25) is 5.91 Å². The van der Waals surface area contributed by atoms with Crippen molar-refractivity contribution in [1.29, 1.82) is 0 Å². The molecule has 1 saturated heterocycles. The molecule has 1 amide bonds. The molecule has 1 unspecified atom stereocenters. The topological polar surface area (TPSA) is 78.9 Å². The summed E-state index contributed by atoms with van der Waals surface area (Å²) in [5, 5.41) is 10.1. The van der Waals surface area contributed by atoms with Crippen molar-refractivity contribution in [2.24, 2.45) is 0 Å².